The summed E-state index contributed by atoms with van der Waals surface area (Å²) in [4.78, 5) is 43.9. The van der Waals surface area contributed by atoms with Gasteiger partial charge in [-0.2, -0.15) is 0 Å². The molecular formula is C25H32N4O4. The second-order valence-electron chi connectivity index (χ2n) is 9.78. The van der Waals surface area contributed by atoms with Crippen LogP contribution in [0, 0.1) is 17.8 Å². The standard InChI is InChI=1S/C25H32N4O4/c1-14(11-15-9-10-26-23(15)30)27-24(31)22-17-6-3-5-16(17)13-29(22)25(32)20-12-18-19(28-20)7-4-8-21(18)33-2/h4,7-8,12,14-17,22,28H,3,5-6,9-11,13H2,1-2H3,(H,26,30)(H,27,31). The van der Waals surface area contributed by atoms with Crippen LogP contribution in [0.1, 0.15) is 49.5 Å². The van der Waals surface area contributed by atoms with Crippen LogP contribution in [0.3, 0.4) is 0 Å². The van der Waals surface area contributed by atoms with Crippen molar-refractivity contribution in [3.05, 3.63) is 30.0 Å². The summed E-state index contributed by atoms with van der Waals surface area (Å²) in [6, 6.07) is 6.89. The first kappa shape index (κ1) is 21.8. The third-order valence-corrected chi connectivity index (χ3v) is 7.68. The van der Waals surface area contributed by atoms with Gasteiger partial charge in [0.2, 0.25) is 11.8 Å². The van der Waals surface area contributed by atoms with Crippen molar-refractivity contribution in [3.8, 4) is 5.75 Å². The van der Waals surface area contributed by atoms with Crippen molar-refractivity contribution in [3.63, 3.8) is 0 Å². The molecule has 176 valence electrons. The van der Waals surface area contributed by atoms with E-state index in [-0.39, 0.29) is 35.6 Å². The summed E-state index contributed by atoms with van der Waals surface area (Å²) in [5.41, 5.74) is 1.31. The summed E-state index contributed by atoms with van der Waals surface area (Å²) in [6.45, 7) is 3.25. The van der Waals surface area contributed by atoms with Gasteiger partial charge in [0.25, 0.3) is 5.91 Å². The van der Waals surface area contributed by atoms with E-state index in [2.05, 4.69) is 15.6 Å². The summed E-state index contributed by atoms with van der Waals surface area (Å²) >= 11 is 0. The minimum absolute atomic E-state index is 0.0535. The Morgan fingerprint density at radius 3 is 2.88 bits per heavy atom. The quantitative estimate of drug-likeness (QED) is 0.626. The van der Waals surface area contributed by atoms with Crippen molar-refractivity contribution in [1.29, 1.82) is 0 Å². The van der Waals surface area contributed by atoms with Crippen LogP contribution in [0.25, 0.3) is 10.9 Å². The maximum atomic E-state index is 13.6. The average molecular weight is 453 g/mol. The fraction of sp³-hybridized carbons (Fsp3) is 0.560. The Balaban J connectivity index is 1.35. The van der Waals surface area contributed by atoms with Crippen molar-refractivity contribution in [2.75, 3.05) is 20.2 Å². The van der Waals surface area contributed by atoms with E-state index in [1.807, 2.05) is 31.2 Å². The normalized spacial score (nSPS) is 27.5. The van der Waals surface area contributed by atoms with Crippen LogP contribution in [0.4, 0.5) is 0 Å². The first-order valence-electron chi connectivity index (χ1n) is 12.0. The van der Waals surface area contributed by atoms with Gasteiger partial charge in [-0.1, -0.05) is 12.5 Å². The van der Waals surface area contributed by atoms with E-state index < -0.39 is 6.04 Å². The van der Waals surface area contributed by atoms with Crippen molar-refractivity contribution in [2.45, 2.75) is 51.1 Å². The number of aromatic amines is 1. The summed E-state index contributed by atoms with van der Waals surface area (Å²) < 4.78 is 5.43. The van der Waals surface area contributed by atoms with Gasteiger partial charge in [-0.05, 0) is 62.6 Å². The number of hydrogen-bond acceptors (Lipinski definition) is 4. The molecule has 0 bridgehead atoms. The second kappa shape index (κ2) is 8.72. The summed E-state index contributed by atoms with van der Waals surface area (Å²) in [7, 11) is 1.61. The minimum atomic E-state index is -0.474. The molecule has 1 aromatic heterocycles. The fourth-order valence-electron chi connectivity index (χ4n) is 6.11. The number of carbonyl (C=O) groups excluding carboxylic acids is 3. The number of rotatable bonds is 6. The van der Waals surface area contributed by atoms with E-state index in [4.69, 9.17) is 4.74 Å². The van der Waals surface area contributed by atoms with Crippen LogP contribution >= 0.6 is 0 Å². The molecule has 3 aliphatic rings. The Morgan fingerprint density at radius 2 is 2.12 bits per heavy atom. The monoisotopic (exact) mass is 452 g/mol. The van der Waals surface area contributed by atoms with Crippen LogP contribution in [0.15, 0.2) is 24.3 Å². The summed E-state index contributed by atoms with van der Waals surface area (Å²) in [6.07, 6.45) is 4.54. The number of ether oxygens (including phenoxy) is 1. The Morgan fingerprint density at radius 1 is 1.27 bits per heavy atom. The molecular weight excluding hydrogens is 420 g/mol. The molecule has 8 heteroatoms. The minimum Gasteiger partial charge on any atom is -0.496 e. The van der Waals surface area contributed by atoms with Crippen LogP contribution in [-0.2, 0) is 9.59 Å². The largest absolute Gasteiger partial charge is 0.496 e. The highest BCUT2D eigenvalue weighted by molar-refractivity contribution is 6.02. The van der Waals surface area contributed by atoms with Crippen LogP contribution < -0.4 is 15.4 Å². The van der Waals surface area contributed by atoms with Crippen molar-refractivity contribution in [2.24, 2.45) is 17.8 Å². The number of aromatic nitrogens is 1. The number of hydrogen-bond donors (Lipinski definition) is 3. The Bertz CT molecular complexity index is 1080. The van der Waals surface area contributed by atoms with E-state index in [9.17, 15) is 14.4 Å². The lowest BCUT2D eigenvalue weighted by Crippen LogP contribution is -2.51. The maximum absolute atomic E-state index is 13.6. The highest BCUT2D eigenvalue weighted by Gasteiger charge is 2.49. The maximum Gasteiger partial charge on any atom is 0.271 e. The van der Waals surface area contributed by atoms with Crippen LogP contribution in [0.2, 0.25) is 0 Å². The molecule has 33 heavy (non-hydrogen) atoms. The Kier molecular flexibility index (Phi) is 5.76. The van der Waals surface area contributed by atoms with Gasteiger partial charge in [0.05, 0.1) is 7.11 Å². The average Bonchev–Trinajstić information content (AvgIpc) is 3.56. The number of likely N-dealkylation sites (tertiary alicyclic amines) is 1. The van der Waals surface area contributed by atoms with E-state index in [1.54, 1.807) is 12.0 Å². The van der Waals surface area contributed by atoms with E-state index in [1.165, 1.54) is 0 Å². The molecule has 1 aliphatic carbocycles. The fourth-order valence-corrected chi connectivity index (χ4v) is 6.11. The van der Waals surface area contributed by atoms with Gasteiger partial charge in [0.1, 0.15) is 17.5 Å². The van der Waals surface area contributed by atoms with Gasteiger partial charge in [0.15, 0.2) is 0 Å². The molecule has 2 aliphatic heterocycles. The summed E-state index contributed by atoms with van der Waals surface area (Å²) in [5.74, 6) is 1.03. The number of H-pyrrole nitrogens is 1. The van der Waals surface area contributed by atoms with E-state index >= 15 is 0 Å². The Labute approximate surface area is 193 Å². The smallest absolute Gasteiger partial charge is 0.271 e. The molecule has 0 radical (unpaired) electrons. The molecule has 5 rings (SSSR count). The number of amides is 3. The molecule has 1 aromatic carbocycles. The molecule has 3 heterocycles. The predicted molar refractivity (Wildman–Crippen MR) is 124 cm³/mol. The molecule has 0 spiro atoms. The lowest BCUT2D eigenvalue weighted by atomic mass is 9.92. The third kappa shape index (κ3) is 3.96. The van der Waals surface area contributed by atoms with E-state index in [0.717, 1.165) is 36.6 Å². The van der Waals surface area contributed by atoms with Crippen LogP contribution in [0.5, 0.6) is 5.75 Å². The molecule has 3 fully saturated rings. The topological polar surface area (TPSA) is 104 Å². The highest BCUT2D eigenvalue weighted by Crippen LogP contribution is 2.43. The molecule has 2 aromatic rings. The van der Waals surface area contributed by atoms with Gasteiger partial charge in [0, 0.05) is 36.0 Å². The zero-order chi connectivity index (χ0) is 23.1. The molecule has 5 atom stereocenters. The van der Waals surface area contributed by atoms with Gasteiger partial charge in [-0.25, -0.2) is 0 Å². The first-order chi connectivity index (χ1) is 16.0. The predicted octanol–water partition coefficient (Wildman–Crippen LogP) is 2.45. The number of benzene rings is 1. The Hall–Kier alpha value is -3.03. The van der Waals surface area contributed by atoms with Crippen molar-refractivity contribution < 1.29 is 19.1 Å². The van der Waals surface area contributed by atoms with E-state index in [0.29, 0.717) is 36.9 Å². The first-order valence-corrected chi connectivity index (χ1v) is 12.0. The lowest BCUT2D eigenvalue weighted by Gasteiger charge is -2.28. The number of nitrogens with one attached hydrogen (secondary N) is 3. The molecule has 2 saturated heterocycles. The summed E-state index contributed by atoms with van der Waals surface area (Å²) in [5, 5.41) is 6.83. The molecule has 3 amide bonds. The molecule has 1 saturated carbocycles. The second-order valence-corrected chi connectivity index (χ2v) is 9.78. The zero-order valence-corrected chi connectivity index (χ0v) is 19.2. The number of nitrogens with zero attached hydrogens (tertiary/aromatic N) is 1. The molecule has 8 nitrogen and oxygen atoms in total. The zero-order valence-electron chi connectivity index (χ0n) is 19.2. The number of methoxy groups -OCH3 is 1. The SMILES string of the molecule is COc1cccc2[nH]c(C(=O)N3CC4CCCC4C3C(=O)NC(C)CC3CCNC3=O)cc12. The van der Waals surface area contributed by atoms with Crippen LogP contribution in [-0.4, -0.2) is 59.9 Å². The van der Waals surface area contributed by atoms with Crippen molar-refractivity contribution in [1.82, 2.24) is 20.5 Å². The molecule has 5 unspecified atom stereocenters. The van der Waals surface area contributed by atoms with Gasteiger partial charge in [-0.3, -0.25) is 14.4 Å². The van der Waals surface area contributed by atoms with Gasteiger partial charge < -0.3 is 25.3 Å². The third-order valence-electron chi connectivity index (χ3n) is 7.68. The number of carbonyl (C=O) groups is 3. The van der Waals surface area contributed by atoms with Crippen molar-refractivity contribution >= 4 is 28.6 Å². The van der Waals surface area contributed by atoms with Gasteiger partial charge in [-0.15, -0.1) is 0 Å². The number of fused-ring (bicyclic) bond motifs is 2. The molecule has 3 N–H and O–H groups in total. The highest BCUT2D eigenvalue weighted by atomic mass is 16.5. The lowest BCUT2D eigenvalue weighted by molar-refractivity contribution is -0.127. The van der Waals surface area contributed by atoms with Gasteiger partial charge >= 0.3 is 0 Å².